The van der Waals surface area contributed by atoms with Gasteiger partial charge in [-0.15, -0.1) is 0 Å². The first-order valence-electron chi connectivity index (χ1n) is 10.5. The van der Waals surface area contributed by atoms with E-state index < -0.39 is 0 Å². The van der Waals surface area contributed by atoms with Crippen LogP contribution in [0.15, 0.2) is 5.16 Å². The summed E-state index contributed by atoms with van der Waals surface area (Å²) in [7, 11) is 0. The van der Waals surface area contributed by atoms with Crippen LogP contribution in [0.3, 0.4) is 0 Å². The lowest BCUT2D eigenvalue weighted by atomic mass is 9.89. The molecule has 0 saturated carbocycles. The molecule has 0 rings (SSSR count). The van der Waals surface area contributed by atoms with Crippen molar-refractivity contribution in [1.29, 1.82) is 0 Å². The first kappa shape index (κ1) is 22.5. The summed E-state index contributed by atoms with van der Waals surface area (Å²) in [6.45, 7) is 6.62. The maximum atomic E-state index is 9.16. The Hall–Kier alpha value is -0.530. The fraction of sp³-hybridized carbons (Fsp3) is 0.952. The molecule has 0 saturated heterocycles. The average Bonchev–Trinajstić information content (AvgIpc) is 2.57. The summed E-state index contributed by atoms with van der Waals surface area (Å²) < 4.78 is 0. The zero-order valence-electron chi connectivity index (χ0n) is 16.3. The third-order valence-corrected chi connectivity index (χ3v) is 5.02. The Morgan fingerprint density at radius 1 is 0.652 bits per heavy atom. The summed E-state index contributed by atoms with van der Waals surface area (Å²) in [6, 6.07) is 0. The minimum atomic E-state index is 0.517. The maximum absolute atomic E-state index is 9.16. The molecule has 0 aromatic heterocycles. The van der Waals surface area contributed by atoms with Crippen LogP contribution in [0.25, 0.3) is 0 Å². The van der Waals surface area contributed by atoms with Crippen LogP contribution in [0.2, 0.25) is 0 Å². The largest absolute Gasteiger partial charge is 0.411 e. The Morgan fingerprint density at radius 2 is 1.09 bits per heavy atom. The van der Waals surface area contributed by atoms with Crippen LogP contribution in [-0.2, 0) is 0 Å². The van der Waals surface area contributed by atoms with Crippen LogP contribution in [-0.4, -0.2) is 10.9 Å². The number of nitrogens with zero attached hydrogens (tertiary/aromatic N) is 1. The SMILES string of the molecule is CCCCCCCCCCCCCC(CCCC)C(CC)=NO. The van der Waals surface area contributed by atoms with Crippen LogP contribution in [0.4, 0.5) is 0 Å². The molecule has 0 aromatic carbocycles. The molecule has 0 aliphatic heterocycles. The van der Waals surface area contributed by atoms with Gasteiger partial charge in [-0.05, 0) is 19.3 Å². The summed E-state index contributed by atoms with van der Waals surface area (Å²) in [5.41, 5.74) is 1.02. The molecule has 1 atom stereocenters. The molecule has 0 aromatic rings. The third-order valence-electron chi connectivity index (χ3n) is 5.02. The van der Waals surface area contributed by atoms with E-state index in [4.69, 9.17) is 5.21 Å². The van der Waals surface area contributed by atoms with E-state index in [1.165, 1.54) is 96.3 Å². The number of unbranched alkanes of at least 4 members (excludes halogenated alkanes) is 11. The van der Waals surface area contributed by atoms with Crippen molar-refractivity contribution in [3.63, 3.8) is 0 Å². The molecule has 0 amide bonds. The molecular formula is C21H43NO. The van der Waals surface area contributed by atoms with Gasteiger partial charge in [0.25, 0.3) is 0 Å². The Labute approximate surface area is 146 Å². The summed E-state index contributed by atoms with van der Waals surface area (Å²) in [5, 5.41) is 12.7. The molecule has 138 valence electrons. The highest BCUT2D eigenvalue weighted by Gasteiger charge is 2.14. The van der Waals surface area contributed by atoms with E-state index in [2.05, 4.69) is 25.9 Å². The van der Waals surface area contributed by atoms with Crippen molar-refractivity contribution in [1.82, 2.24) is 0 Å². The van der Waals surface area contributed by atoms with Gasteiger partial charge < -0.3 is 5.21 Å². The van der Waals surface area contributed by atoms with Gasteiger partial charge in [-0.2, -0.15) is 0 Å². The summed E-state index contributed by atoms with van der Waals surface area (Å²) in [5.74, 6) is 0.517. The van der Waals surface area contributed by atoms with E-state index in [1.54, 1.807) is 0 Å². The fourth-order valence-corrected chi connectivity index (χ4v) is 3.42. The molecule has 0 radical (unpaired) electrons. The van der Waals surface area contributed by atoms with Gasteiger partial charge in [-0.25, -0.2) is 0 Å². The first-order chi connectivity index (χ1) is 11.3. The third kappa shape index (κ3) is 13.6. The predicted molar refractivity (Wildman–Crippen MR) is 104 cm³/mol. The second kappa shape index (κ2) is 17.8. The van der Waals surface area contributed by atoms with Gasteiger partial charge >= 0.3 is 0 Å². The van der Waals surface area contributed by atoms with Crippen LogP contribution in [0.1, 0.15) is 124 Å². The van der Waals surface area contributed by atoms with Gasteiger partial charge in [0, 0.05) is 5.92 Å². The van der Waals surface area contributed by atoms with E-state index in [1.807, 2.05) is 0 Å². The van der Waals surface area contributed by atoms with Crippen molar-refractivity contribution in [3.05, 3.63) is 0 Å². The van der Waals surface area contributed by atoms with Crippen molar-refractivity contribution in [2.45, 2.75) is 124 Å². The van der Waals surface area contributed by atoms with E-state index >= 15 is 0 Å². The number of oxime groups is 1. The van der Waals surface area contributed by atoms with E-state index in [-0.39, 0.29) is 0 Å². The maximum Gasteiger partial charge on any atom is 0.0598 e. The van der Waals surface area contributed by atoms with Crippen molar-refractivity contribution in [2.75, 3.05) is 0 Å². The molecule has 0 aliphatic rings. The van der Waals surface area contributed by atoms with Crippen LogP contribution < -0.4 is 0 Å². The predicted octanol–water partition coefficient (Wildman–Crippen LogP) is 7.73. The quantitative estimate of drug-likeness (QED) is 0.126. The number of hydrogen-bond acceptors (Lipinski definition) is 2. The molecule has 0 heterocycles. The van der Waals surface area contributed by atoms with Gasteiger partial charge in [0.15, 0.2) is 0 Å². The van der Waals surface area contributed by atoms with Crippen LogP contribution >= 0.6 is 0 Å². The average molecular weight is 326 g/mol. The summed E-state index contributed by atoms with van der Waals surface area (Å²) >= 11 is 0. The van der Waals surface area contributed by atoms with Crippen molar-refractivity contribution in [3.8, 4) is 0 Å². The van der Waals surface area contributed by atoms with E-state index in [9.17, 15) is 0 Å². The Kier molecular flexibility index (Phi) is 17.4. The van der Waals surface area contributed by atoms with Gasteiger partial charge in [-0.1, -0.05) is 109 Å². The van der Waals surface area contributed by atoms with Crippen molar-refractivity contribution < 1.29 is 5.21 Å². The minimum Gasteiger partial charge on any atom is -0.411 e. The summed E-state index contributed by atoms with van der Waals surface area (Å²) in [6.07, 6.45) is 21.1. The highest BCUT2D eigenvalue weighted by atomic mass is 16.4. The van der Waals surface area contributed by atoms with Gasteiger partial charge in [0.1, 0.15) is 0 Å². The molecule has 2 nitrogen and oxygen atoms in total. The fourth-order valence-electron chi connectivity index (χ4n) is 3.42. The molecule has 23 heavy (non-hydrogen) atoms. The van der Waals surface area contributed by atoms with Gasteiger partial charge in [0.2, 0.25) is 0 Å². The lowest BCUT2D eigenvalue weighted by Crippen LogP contribution is -2.14. The van der Waals surface area contributed by atoms with Crippen LogP contribution in [0.5, 0.6) is 0 Å². The normalized spacial score (nSPS) is 13.4. The first-order valence-corrected chi connectivity index (χ1v) is 10.5. The summed E-state index contributed by atoms with van der Waals surface area (Å²) in [4.78, 5) is 0. The molecule has 1 unspecified atom stereocenters. The highest BCUT2D eigenvalue weighted by molar-refractivity contribution is 5.85. The number of rotatable bonds is 17. The van der Waals surface area contributed by atoms with Gasteiger partial charge in [0.05, 0.1) is 5.71 Å². The molecule has 0 fully saturated rings. The molecular weight excluding hydrogens is 282 g/mol. The van der Waals surface area contributed by atoms with E-state index in [0.717, 1.165) is 12.1 Å². The van der Waals surface area contributed by atoms with Crippen molar-refractivity contribution in [2.24, 2.45) is 11.1 Å². The van der Waals surface area contributed by atoms with E-state index in [0.29, 0.717) is 5.92 Å². The Balaban J connectivity index is 3.58. The number of hydrogen-bond donors (Lipinski definition) is 1. The molecule has 0 aliphatic carbocycles. The van der Waals surface area contributed by atoms with Crippen molar-refractivity contribution >= 4 is 5.71 Å². The Morgan fingerprint density at radius 3 is 1.52 bits per heavy atom. The second-order valence-corrected chi connectivity index (χ2v) is 7.11. The molecule has 0 spiro atoms. The Bertz CT molecular complexity index is 263. The lowest BCUT2D eigenvalue weighted by Gasteiger charge is -2.17. The second-order valence-electron chi connectivity index (χ2n) is 7.11. The topological polar surface area (TPSA) is 32.6 Å². The zero-order chi connectivity index (χ0) is 17.2. The highest BCUT2D eigenvalue weighted by Crippen LogP contribution is 2.21. The van der Waals surface area contributed by atoms with Crippen LogP contribution in [0, 0.1) is 5.92 Å². The molecule has 1 N–H and O–H groups in total. The van der Waals surface area contributed by atoms with Gasteiger partial charge in [-0.3, -0.25) is 0 Å². The smallest absolute Gasteiger partial charge is 0.0598 e. The minimum absolute atomic E-state index is 0.517. The zero-order valence-corrected chi connectivity index (χ0v) is 16.3. The lowest BCUT2D eigenvalue weighted by molar-refractivity contribution is 0.310. The standard InChI is InChI=1S/C21H43NO/c1-4-7-9-10-11-12-13-14-15-16-17-19-20(18-8-5-2)21(6-3)22-23/h20,23H,4-19H2,1-3H3. The monoisotopic (exact) mass is 325 g/mol. The molecule has 2 heteroatoms. The molecule has 0 bridgehead atoms.